The summed E-state index contributed by atoms with van der Waals surface area (Å²) in [6, 6.07) is 14.0. The number of rotatable bonds is 10. The highest BCUT2D eigenvalue weighted by molar-refractivity contribution is 8.77. The summed E-state index contributed by atoms with van der Waals surface area (Å²) in [6.07, 6.45) is 0. The Morgan fingerprint density at radius 3 is 0.854 bits per heavy atom. The van der Waals surface area contributed by atoms with Crippen LogP contribution in [0.3, 0.4) is 0 Å². The normalized spacial score (nSPS) is 12.2. The van der Waals surface area contributed by atoms with E-state index in [1.54, 1.807) is 0 Å². The summed E-state index contributed by atoms with van der Waals surface area (Å²) >= 11 is 0. The van der Waals surface area contributed by atoms with Crippen molar-refractivity contribution in [3.63, 3.8) is 0 Å². The third-order valence-electron chi connectivity index (χ3n) is 5.46. The third kappa shape index (κ3) is 11.1. The molecule has 4 rings (SSSR count). The number of aromatic hydroxyl groups is 2. The highest BCUT2D eigenvalue weighted by atomic mass is 33.1. The summed E-state index contributed by atoms with van der Waals surface area (Å²) < 4.78 is 124. The van der Waals surface area contributed by atoms with Gasteiger partial charge in [0.05, 0.1) is 29.4 Å². The molecule has 0 unspecified atom stereocenters. The SMILES string of the molecule is Nc1cc(S(=O)(=O)O)ccc1SSc1ccc(S(=O)(=O)O)cc1N.O=S(=O)(O)c1ccc(SSc2ccc(S(=O)(=O)O)cc2O)c(O)c1. The molecule has 0 atom stereocenters. The number of nitrogens with two attached hydrogens (primary N) is 2. The second-order valence-electron chi connectivity index (χ2n) is 8.89. The summed E-state index contributed by atoms with van der Waals surface area (Å²) in [5.41, 5.74) is 11.8. The van der Waals surface area contributed by atoms with Crippen molar-refractivity contribution in [2.24, 2.45) is 0 Å². The number of anilines is 2. The van der Waals surface area contributed by atoms with Gasteiger partial charge in [0.15, 0.2) is 0 Å². The van der Waals surface area contributed by atoms with E-state index in [1.165, 1.54) is 58.0 Å². The van der Waals surface area contributed by atoms with Gasteiger partial charge in [-0.2, -0.15) is 33.7 Å². The van der Waals surface area contributed by atoms with Gasteiger partial charge in [0.2, 0.25) is 0 Å². The van der Waals surface area contributed by atoms with Crippen LogP contribution in [0.15, 0.2) is 112 Å². The third-order valence-corrected chi connectivity index (χ3v) is 13.8. The van der Waals surface area contributed by atoms with Crippen molar-refractivity contribution in [1.82, 2.24) is 0 Å². The maximum absolute atomic E-state index is 11.0. The van der Waals surface area contributed by atoms with Crippen molar-refractivity contribution in [2.75, 3.05) is 11.5 Å². The molecule has 4 aromatic carbocycles. The smallest absolute Gasteiger partial charge is 0.294 e. The maximum Gasteiger partial charge on any atom is 0.294 e. The Morgan fingerprint density at radius 2 is 0.625 bits per heavy atom. The maximum atomic E-state index is 11.0. The summed E-state index contributed by atoms with van der Waals surface area (Å²) in [6.45, 7) is 0. The van der Waals surface area contributed by atoms with Gasteiger partial charge >= 0.3 is 0 Å². The summed E-state index contributed by atoms with van der Waals surface area (Å²) in [4.78, 5) is 0.0229. The zero-order valence-electron chi connectivity index (χ0n) is 23.3. The molecule has 0 heterocycles. The number of hydrogen-bond acceptors (Lipinski definition) is 16. The van der Waals surface area contributed by atoms with Crippen LogP contribution in [0.4, 0.5) is 11.4 Å². The molecule has 10 N–H and O–H groups in total. The molecule has 0 aromatic heterocycles. The van der Waals surface area contributed by atoms with Crippen molar-refractivity contribution >= 4 is 95.0 Å². The molecule has 48 heavy (non-hydrogen) atoms. The highest BCUT2D eigenvalue weighted by Gasteiger charge is 2.17. The molecule has 0 aliphatic heterocycles. The quantitative estimate of drug-likeness (QED) is 0.0619. The largest absolute Gasteiger partial charge is 0.507 e. The lowest BCUT2D eigenvalue weighted by molar-refractivity contribution is 0.455. The second kappa shape index (κ2) is 15.3. The minimum absolute atomic E-state index is 0.149. The Balaban J connectivity index is 0.000000260. The van der Waals surface area contributed by atoms with Gasteiger partial charge in [0, 0.05) is 33.3 Å². The first-order valence-electron chi connectivity index (χ1n) is 12.0. The number of phenolic OH excluding ortho intramolecular Hbond substituents is 2. The zero-order valence-corrected chi connectivity index (χ0v) is 29.8. The summed E-state index contributed by atoms with van der Waals surface area (Å²) in [7, 11) is -13.3. The Kier molecular flexibility index (Phi) is 12.6. The molecule has 0 saturated carbocycles. The van der Waals surface area contributed by atoms with E-state index < -0.39 is 61.8 Å². The van der Waals surface area contributed by atoms with E-state index in [-0.39, 0.29) is 31.0 Å². The lowest BCUT2D eigenvalue weighted by Gasteiger charge is -2.08. The topological polar surface area (TPSA) is 310 Å². The molecule has 24 heteroatoms. The van der Waals surface area contributed by atoms with E-state index in [0.29, 0.717) is 9.79 Å². The molecule has 0 amide bonds. The van der Waals surface area contributed by atoms with Crippen LogP contribution in [0.25, 0.3) is 0 Å². The first-order valence-corrected chi connectivity index (χ1v) is 22.1. The van der Waals surface area contributed by atoms with Crippen LogP contribution < -0.4 is 11.5 Å². The zero-order chi connectivity index (χ0) is 36.2. The minimum Gasteiger partial charge on any atom is -0.507 e. The predicted octanol–water partition coefficient (Wildman–Crippen LogP) is 4.53. The van der Waals surface area contributed by atoms with Crippen LogP contribution in [-0.4, -0.2) is 62.1 Å². The van der Waals surface area contributed by atoms with Crippen LogP contribution in [-0.2, 0) is 40.5 Å². The lowest BCUT2D eigenvalue weighted by Crippen LogP contribution is -2.00. The summed E-state index contributed by atoms with van der Waals surface area (Å²) in [5, 5.41) is 19.5. The fraction of sp³-hybridized carbons (Fsp3) is 0. The van der Waals surface area contributed by atoms with Gasteiger partial charge < -0.3 is 21.7 Å². The molecule has 0 aliphatic carbocycles. The predicted molar refractivity (Wildman–Crippen MR) is 181 cm³/mol. The van der Waals surface area contributed by atoms with Crippen molar-refractivity contribution in [3.05, 3.63) is 72.8 Å². The first-order chi connectivity index (χ1) is 22.0. The molecular weight excluding hydrogens is 797 g/mol. The fourth-order valence-electron chi connectivity index (χ4n) is 3.16. The van der Waals surface area contributed by atoms with E-state index in [2.05, 4.69) is 0 Å². The van der Waals surface area contributed by atoms with Crippen LogP contribution in [0, 0.1) is 0 Å². The molecule has 0 radical (unpaired) electrons. The molecule has 0 spiro atoms. The van der Waals surface area contributed by atoms with Crippen LogP contribution in [0.2, 0.25) is 0 Å². The average Bonchev–Trinajstić information content (AvgIpc) is 2.95. The van der Waals surface area contributed by atoms with E-state index in [9.17, 15) is 43.9 Å². The van der Waals surface area contributed by atoms with Gasteiger partial charge in [-0.1, -0.05) is 21.6 Å². The second-order valence-corrected chi connectivity index (χ2v) is 19.0. The van der Waals surface area contributed by atoms with Gasteiger partial charge in [0.1, 0.15) is 11.5 Å². The van der Waals surface area contributed by atoms with Crippen molar-refractivity contribution < 1.29 is 62.1 Å². The number of benzene rings is 4. The Morgan fingerprint density at radius 1 is 0.396 bits per heavy atom. The van der Waals surface area contributed by atoms with Crippen molar-refractivity contribution in [1.29, 1.82) is 0 Å². The molecule has 0 bridgehead atoms. The fourth-order valence-corrected chi connectivity index (χ4v) is 9.48. The molecule has 0 fully saturated rings. The summed E-state index contributed by atoms with van der Waals surface area (Å²) in [5.74, 6) is -0.784. The van der Waals surface area contributed by atoms with Gasteiger partial charge in [-0.3, -0.25) is 18.2 Å². The Hall–Kier alpha value is -2.88. The van der Waals surface area contributed by atoms with E-state index >= 15 is 0 Å². The van der Waals surface area contributed by atoms with Crippen LogP contribution in [0.1, 0.15) is 0 Å². The number of nitrogen functional groups attached to an aromatic ring is 2. The van der Waals surface area contributed by atoms with Gasteiger partial charge in [-0.05, 0) is 82.3 Å². The Bertz CT molecular complexity index is 1970. The monoisotopic (exact) mass is 818 g/mol. The molecular formula is C24H22N2O14S8. The first kappa shape index (κ1) is 39.6. The lowest BCUT2D eigenvalue weighted by atomic mass is 10.3. The average molecular weight is 819 g/mol. The standard InChI is InChI=1S/C12H12N2O6S4.C12H10O8S4/c2*13-9-5-7(23(15,16)17)1-3-11(9)21-22-12-4-2-8(6-10(12)14)24(18,19)20/h1-6H,13-14H2,(H,15,16,17)(H,18,19,20);1-6,13-14H,(H,15,16,17)(H,18,19,20). The molecule has 0 aliphatic rings. The number of hydrogen-bond donors (Lipinski definition) is 8. The van der Waals surface area contributed by atoms with Gasteiger partial charge in [0.25, 0.3) is 40.5 Å². The molecule has 260 valence electrons. The molecule has 0 saturated heterocycles. The van der Waals surface area contributed by atoms with Crippen molar-refractivity contribution in [3.8, 4) is 11.5 Å². The van der Waals surface area contributed by atoms with E-state index in [1.807, 2.05) is 0 Å². The highest BCUT2D eigenvalue weighted by Crippen LogP contribution is 2.45. The van der Waals surface area contributed by atoms with Gasteiger partial charge in [-0.25, -0.2) is 0 Å². The van der Waals surface area contributed by atoms with Crippen LogP contribution in [0.5, 0.6) is 11.5 Å². The van der Waals surface area contributed by atoms with E-state index in [0.717, 1.165) is 58.0 Å². The van der Waals surface area contributed by atoms with E-state index in [4.69, 9.17) is 29.7 Å². The Labute approximate surface area is 290 Å². The van der Waals surface area contributed by atoms with Crippen molar-refractivity contribution in [2.45, 2.75) is 39.2 Å². The van der Waals surface area contributed by atoms with Crippen LogP contribution >= 0.6 is 43.2 Å². The number of phenols is 2. The van der Waals surface area contributed by atoms with Gasteiger partial charge in [-0.15, -0.1) is 0 Å². The molecule has 16 nitrogen and oxygen atoms in total. The molecule has 4 aromatic rings. The minimum atomic E-state index is -4.43.